The number of hydrogen-bond acceptors (Lipinski definition) is 5. The maximum atomic E-state index is 13.4. The lowest BCUT2D eigenvalue weighted by molar-refractivity contribution is -0.131. The van der Waals surface area contributed by atoms with Gasteiger partial charge in [-0.3, -0.25) is 9.59 Å². The van der Waals surface area contributed by atoms with E-state index in [-0.39, 0.29) is 17.6 Å². The highest BCUT2D eigenvalue weighted by atomic mass is 19.1. The summed E-state index contributed by atoms with van der Waals surface area (Å²) in [7, 11) is 1.62. The molecule has 1 aliphatic heterocycles. The predicted octanol–water partition coefficient (Wildman–Crippen LogP) is 4.11. The number of carbonyl (C=O) groups is 2. The molecule has 2 aromatic carbocycles. The van der Waals surface area contributed by atoms with Gasteiger partial charge in [0, 0.05) is 38.2 Å². The van der Waals surface area contributed by atoms with Crippen LogP contribution in [-0.2, 0) is 11.2 Å². The lowest BCUT2D eigenvalue weighted by Crippen LogP contribution is -2.37. The number of aryl methyl sites for hydroxylation is 2. The van der Waals surface area contributed by atoms with Crippen LogP contribution in [0.1, 0.15) is 34.5 Å². The molecule has 0 atom stereocenters. The molecule has 1 aliphatic rings. The third-order valence-corrected chi connectivity index (χ3v) is 6.12. The highest BCUT2D eigenvalue weighted by Gasteiger charge is 2.28. The second kappa shape index (κ2) is 10.5. The minimum absolute atomic E-state index is 0.0817. The molecule has 0 aliphatic carbocycles. The van der Waals surface area contributed by atoms with E-state index in [4.69, 9.17) is 9.26 Å². The number of ether oxygens (including phenoxy) is 1. The van der Waals surface area contributed by atoms with Crippen molar-refractivity contribution >= 4 is 11.8 Å². The molecule has 1 saturated heterocycles. The van der Waals surface area contributed by atoms with Gasteiger partial charge in [-0.05, 0) is 61.7 Å². The van der Waals surface area contributed by atoms with E-state index in [1.54, 1.807) is 31.1 Å². The number of halogens is 1. The quantitative estimate of drug-likeness (QED) is 0.548. The smallest absolute Gasteiger partial charge is 0.259 e. The summed E-state index contributed by atoms with van der Waals surface area (Å²) in [5.74, 6) is 0.740. The van der Waals surface area contributed by atoms with Crippen LogP contribution >= 0.6 is 0 Å². The normalized spacial score (nSPS) is 14.1. The van der Waals surface area contributed by atoms with E-state index in [1.165, 1.54) is 12.1 Å². The third kappa shape index (κ3) is 5.27. The first-order valence-corrected chi connectivity index (χ1v) is 11.4. The molecule has 4 rings (SSSR count). The summed E-state index contributed by atoms with van der Waals surface area (Å²) in [5.41, 5.74) is 2.48. The summed E-state index contributed by atoms with van der Waals surface area (Å²) in [4.78, 5) is 29.8. The molecule has 1 aromatic heterocycles. The van der Waals surface area contributed by atoms with E-state index < -0.39 is 0 Å². The van der Waals surface area contributed by atoms with Crippen molar-refractivity contribution in [3.05, 3.63) is 71.2 Å². The molecular formula is C26H28FN3O4. The summed E-state index contributed by atoms with van der Waals surface area (Å²) in [6, 6.07) is 13.5. The van der Waals surface area contributed by atoms with E-state index in [0.717, 1.165) is 11.3 Å². The second-order valence-electron chi connectivity index (χ2n) is 8.34. The number of rotatable bonds is 6. The van der Waals surface area contributed by atoms with Gasteiger partial charge in [-0.1, -0.05) is 17.3 Å². The Bertz CT molecular complexity index is 1140. The Hall–Kier alpha value is -3.68. The first kappa shape index (κ1) is 23.5. The van der Waals surface area contributed by atoms with Crippen molar-refractivity contribution in [3.63, 3.8) is 0 Å². The number of hydrogen-bond donors (Lipinski definition) is 0. The third-order valence-electron chi connectivity index (χ3n) is 6.12. The van der Waals surface area contributed by atoms with Crippen LogP contribution in [0, 0.1) is 12.7 Å². The Morgan fingerprint density at radius 3 is 2.38 bits per heavy atom. The van der Waals surface area contributed by atoms with Gasteiger partial charge in [-0.2, -0.15) is 0 Å². The van der Waals surface area contributed by atoms with E-state index in [2.05, 4.69) is 5.16 Å². The Kier molecular flexibility index (Phi) is 7.25. The first-order chi connectivity index (χ1) is 16.5. The van der Waals surface area contributed by atoms with Gasteiger partial charge in [-0.15, -0.1) is 0 Å². The fourth-order valence-electron chi connectivity index (χ4n) is 4.16. The SMILES string of the molecule is COc1ccc(CCC(=O)N2CCCN(C(=O)c3c(-c4ccc(F)cc4)noc3C)CC2)cc1. The molecule has 0 unspecified atom stereocenters. The maximum Gasteiger partial charge on any atom is 0.259 e. The molecule has 0 radical (unpaired) electrons. The molecule has 7 nitrogen and oxygen atoms in total. The largest absolute Gasteiger partial charge is 0.497 e. The highest BCUT2D eigenvalue weighted by molar-refractivity contribution is 6.00. The molecule has 0 spiro atoms. The summed E-state index contributed by atoms with van der Waals surface area (Å²) in [6.45, 7) is 3.75. The number of methoxy groups -OCH3 is 1. The fraction of sp³-hybridized carbons (Fsp3) is 0.346. The van der Waals surface area contributed by atoms with Crippen LogP contribution < -0.4 is 4.74 Å². The molecule has 2 amide bonds. The molecule has 1 fully saturated rings. The zero-order chi connectivity index (χ0) is 24.1. The van der Waals surface area contributed by atoms with Crippen molar-refractivity contribution in [2.75, 3.05) is 33.3 Å². The Balaban J connectivity index is 1.38. The zero-order valence-electron chi connectivity index (χ0n) is 19.4. The molecule has 178 valence electrons. The highest BCUT2D eigenvalue weighted by Crippen LogP contribution is 2.27. The van der Waals surface area contributed by atoms with E-state index in [1.807, 2.05) is 29.2 Å². The molecule has 34 heavy (non-hydrogen) atoms. The van der Waals surface area contributed by atoms with Crippen LogP contribution in [0.2, 0.25) is 0 Å². The van der Waals surface area contributed by atoms with E-state index in [9.17, 15) is 14.0 Å². The Morgan fingerprint density at radius 2 is 1.68 bits per heavy atom. The molecule has 0 bridgehead atoms. The summed E-state index contributed by atoms with van der Waals surface area (Å²) in [5, 5.41) is 4.04. The molecule has 0 N–H and O–H groups in total. The van der Waals surface area contributed by atoms with Gasteiger partial charge in [0.15, 0.2) is 0 Å². The first-order valence-electron chi connectivity index (χ1n) is 11.4. The van der Waals surface area contributed by atoms with Crippen LogP contribution in [0.5, 0.6) is 5.75 Å². The van der Waals surface area contributed by atoms with Crippen LogP contribution in [-0.4, -0.2) is 60.1 Å². The topological polar surface area (TPSA) is 75.9 Å². The zero-order valence-corrected chi connectivity index (χ0v) is 19.4. The predicted molar refractivity (Wildman–Crippen MR) is 125 cm³/mol. The van der Waals surface area contributed by atoms with Gasteiger partial charge in [0.05, 0.1) is 7.11 Å². The van der Waals surface area contributed by atoms with Crippen molar-refractivity contribution in [1.29, 1.82) is 0 Å². The monoisotopic (exact) mass is 465 g/mol. The van der Waals surface area contributed by atoms with Gasteiger partial charge >= 0.3 is 0 Å². The van der Waals surface area contributed by atoms with Crippen molar-refractivity contribution in [2.45, 2.75) is 26.2 Å². The van der Waals surface area contributed by atoms with Gasteiger partial charge in [0.25, 0.3) is 5.91 Å². The van der Waals surface area contributed by atoms with Crippen LogP contribution in [0.3, 0.4) is 0 Å². The summed E-state index contributed by atoms with van der Waals surface area (Å²) >= 11 is 0. The van der Waals surface area contributed by atoms with Crippen molar-refractivity contribution in [3.8, 4) is 17.0 Å². The van der Waals surface area contributed by atoms with Crippen LogP contribution in [0.4, 0.5) is 4.39 Å². The molecule has 8 heteroatoms. The minimum Gasteiger partial charge on any atom is -0.497 e. The van der Waals surface area contributed by atoms with Gasteiger partial charge < -0.3 is 19.1 Å². The molecule has 2 heterocycles. The Morgan fingerprint density at radius 1 is 1.00 bits per heavy atom. The lowest BCUT2D eigenvalue weighted by Gasteiger charge is -2.22. The number of carbonyl (C=O) groups excluding carboxylic acids is 2. The van der Waals surface area contributed by atoms with Crippen molar-refractivity contribution in [2.24, 2.45) is 0 Å². The maximum absolute atomic E-state index is 13.4. The average Bonchev–Trinajstić information content (AvgIpc) is 3.07. The number of aromatic nitrogens is 1. The second-order valence-corrected chi connectivity index (χ2v) is 8.34. The van der Waals surface area contributed by atoms with Crippen molar-refractivity contribution in [1.82, 2.24) is 15.0 Å². The van der Waals surface area contributed by atoms with Crippen molar-refractivity contribution < 1.29 is 23.2 Å². The van der Waals surface area contributed by atoms with Crippen LogP contribution in [0.25, 0.3) is 11.3 Å². The van der Waals surface area contributed by atoms with Gasteiger partial charge in [0.2, 0.25) is 5.91 Å². The fourth-order valence-corrected chi connectivity index (χ4v) is 4.16. The molecule has 0 saturated carbocycles. The van der Waals surface area contributed by atoms with Crippen LogP contribution in [0.15, 0.2) is 53.1 Å². The van der Waals surface area contributed by atoms with Gasteiger partial charge in [0.1, 0.15) is 28.6 Å². The average molecular weight is 466 g/mol. The molecule has 3 aromatic rings. The van der Waals surface area contributed by atoms with Gasteiger partial charge in [-0.25, -0.2) is 4.39 Å². The standard InChI is InChI=1S/C26H28FN3O4/c1-18-24(25(28-34-18)20-7-9-21(27)10-8-20)26(32)30-15-3-14-29(16-17-30)23(31)13-6-19-4-11-22(33-2)12-5-19/h4-5,7-12H,3,6,13-17H2,1-2H3. The summed E-state index contributed by atoms with van der Waals surface area (Å²) in [6.07, 6.45) is 1.76. The number of amides is 2. The number of nitrogens with zero attached hydrogens (tertiary/aromatic N) is 3. The Labute approximate surface area is 198 Å². The van der Waals surface area contributed by atoms with E-state index in [0.29, 0.717) is 68.0 Å². The van der Waals surface area contributed by atoms with E-state index >= 15 is 0 Å². The lowest BCUT2D eigenvalue weighted by atomic mass is 10.0. The molecular weight excluding hydrogens is 437 g/mol. The summed E-state index contributed by atoms with van der Waals surface area (Å²) < 4.78 is 23.8. The number of benzene rings is 2. The minimum atomic E-state index is -0.360.